The zero-order valence-corrected chi connectivity index (χ0v) is 18.8. The van der Waals surface area contributed by atoms with E-state index in [0.29, 0.717) is 36.5 Å². The van der Waals surface area contributed by atoms with E-state index in [4.69, 9.17) is 9.47 Å². The van der Waals surface area contributed by atoms with Gasteiger partial charge in [-0.25, -0.2) is 4.79 Å². The van der Waals surface area contributed by atoms with Crippen LogP contribution in [0.3, 0.4) is 0 Å². The smallest absolute Gasteiger partial charge is 0.407 e. The first kappa shape index (κ1) is 23.0. The molecule has 0 saturated heterocycles. The van der Waals surface area contributed by atoms with Crippen molar-refractivity contribution in [3.8, 4) is 5.75 Å². The lowest BCUT2D eigenvalue weighted by molar-refractivity contribution is -0.115. The summed E-state index contributed by atoms with van der Waals surface area (Å²) in [5.74, 6) is 1.09. The Morgan fingerprint density at radius 1 is 1.18 bits per heavy atom. The molecule has 0 spiro atoms. The van der Waals surface area contributed by atoms with Crippen molar-refractivity contribution in [2.45, 2.75) is 75.5 Å². The molecule has 2 aliphatic carbocycles. The van der Waals surface area contributed by atoms with Crippen LogP contribution in [-0.4, -0.2) is 57.6 Å². The first-order valence-corrected chi connectivity index (χ1v) is 11.5. The van der Waals surface area contributed by atoms with E-state index in [1.165, 1.54) is 0 Å². The molecule has 4 rings (SSSR count). The Morgan fingerprint density at radius 3 is 2.73 bits per heavy atom. The number of aliphatic hydroxyl groups is 1. The maximum absolute atomic E-state index is 12.3. The fourth-order valence-corrected chi connectivity index (χ4v) is 4.50. The Labute approximate surface area is 192 Å². The van der Waals surface area contributed by atoms with Crippen LogP contribution >= 0.6 is 0 Å². The van der Waals surface area contributed by atoms with E-state index in [1.807, 2.05) is 6.07 Å². The fourth-order valence-electron chi connectivity index (χ4n) is 4.50. The summed E-state index contributed by atoms with van der Waals surface area (Å²) >= 11 is 0. The SMILES string of the molecule is COc1ccc(CC(=O)Nc2cc([C@@H]3CC[C@H](OC(=O)N[C@H]4CC[C@H](O)CC4)C3)[nH]n2)nc1. The summed E-state index contributed by atoms with van der Waals surface area (Å²) in [5, 5.41) is 22.5. The molecule has 2 aromatic rings. The molecule has 2 amide bonds. The molecule has 4 N–H and O–H groups in total. The lowest BCUT2D eigenvalue weighted by Gasteiger charge is -2.26. The van der Waals surface area contributed by atoms with Gasteiger partial charge in [0.2, 0.25) is 5.91 Å². The summed E-state index contributed by atoms with van der Waals surface area (Å²) in [6.45, 7) is 0. The van der Waals surface area contributed by atoms with Crippen molar-refractivity contribution in [3.63, 3.8) is 0 Å². The number of H-pyrrole nitrogens is 1. The standard InChI is InChI=1S/C23H31N5O5/c1-32-19-9-5-16(24-13-19)11-22(30)26-21-12-20(27-28-21)14-2-8-18(10-14)33-23(31)25-15-3-6-17(29)7-4-15/h5,9,12-15,17-18,29H,2-4,6-8,10-11H2,1H3,(H,25,31)(H2,26,27,28,30)/t14-,15-,17-,18+/m1/s1. The quantitative estimate of drug-likeness (QED) is 0.501. The molecule has 2 heterocycles. The van der Waals surface area contributed by atoms with Crippen LogP contribution in [0.25, 0.3) is 0 Å². The molecule has 2 atom stereocenters. The van der Waals surface area contributed by atoms with E-state index in [1.54, 1.807) is 25.4 Å². The first-order chi connectivity index (χ1) is 16.0. The van der Waals surface area contributed by atoms with Gasteiger partial charge in [-0.3, -0.25) is 14.9 Å². The molecular weight excluding hydrogens is 426 g/mol. The molecule has 0 unspecified atom stereocenters. The van der Waals surface area contributed by atoms with Gasteiger partial charge in [0.1, 0.15) is 11.9 Å². The Kier molecular flexibility index (Phi) is 7.43. The molecule has 2 aromatic heterocycles. The van der Waals surface area contributed by atoms with Gasteiger partial charge in [-0.15, -0.1) is 0 Å². The topological polar surface area (TPSA) is 138 Å². The number of carbonyl (C=O) groups is 2. The highest BCUT2D eigenvalue weighted by atomic mass is 16.6. The molecule has 10 nitrogen and oxygen atoms in total. The summed E-state index contributed by atoms with van der Waals surface area (Å²) in [6.07, 6.45) is 6.29. The summed E-state index contributed by atoms with van der Waals surface area (Å²) in [5.41, 5.74) is 1.56. The Hall–Kier alpha value is -3.14. The maximum atomic E-state index is 12.3. The van der Waals surface area contributed by atoms with Crippen LogP contribution in [0.2, 0.25) is 0 Å². The summed E-state index contributed by atoms with van der Waals surface area (Å²) < 4.78 is 10.7. The van der Waals surface area contributed by atoms with Crippen LogP contribution in [0.15, 0.2) is 24.4 Å². The number of hydrogen-bond acceptors (Lipinski definition) is 7. The fraction of sp³-hybridized carbons (Fsp3) is 0.565. The van der Waals surface area contributed by atoms with E-state index in [0.717, 1.165) is 31.4 Å². The molecular formula is C23H31N5O5. The molecule has 0 bridgehead atoms. The number of aromatic amines is 1. The number of nitrogens with zero attached hydrogens (tertiary/aromatic N) is 2. The van der Waals surface area contributed by atoms with Crippen molar-refractivity contribution in [3.05, 3.63) is 35.8 Å². The largest absolute Gasteiger partial charge is 0.495 e. The molecule has 33 heavy (non-hydrogen) atoms. The molecule has 178 valence electrons. The minimum atomic E-state index is -0.383. The van der Waals surface area contributed by atoms with Crippen LogP contribution in [0.5, 0.6) is 5.75 Å². The third-order valence-electron chi connectivity index (χ3n) is 6.36. The molecule has 2 saturated carbocycles. The van der Waals surface area contributed by atoms with Crippen molar-refractivity contribution in [2.24, 2.45) is 0 Å². The van der Waals surface area contributed by atoms with E-state index >= 15 is 0 Å². The third-order valence-corrected chi connectivity index (χ3v) is 6.36. The molecule has 0 aromatic carbocycles. The van der Waals surface area contributed by atoms with Crippen molar-refractivity contribution in [1.29, 1.82) is 0 Å². The van der Waals surface area contributed by atoms with Crippen LogP contribution in [-0.2, 0) is 16.0 Å². The number of methoxy groups -OCH3 is 1. The summed E-state index contributed by atoms with van der Waals surface area (Å²) in [6, 6.07) is 5.42. The molecule has 2 fully saturated rings. The molecule has 10 heteroatoms. The van der Waals surface area contributed by atoms with Crippen LogP contribution < -0.4 is 15.4 Å². The number of alkyl carbamates (subject to hydrolysis) is 1. The number of hydrogen-bond donors (Lipinski definition) is 4. The summed E-state index contributed by atoms with van der Waals surface area (Å²) in [4.78, 5) is 28.7. The third kappa shape index (κ3) is 6.44. The van der Waals surface area contributed by atoms with E-state index in [2.05, 4.69) is 25.8 Å². The average molecular weight is 458 g/mol. The van der Waals surface area contributed by atoms with Crippen LogP contribution in [0.4, 0.5) is 10.6 Å². The number of rotatable bonds is 7. The van der Waals surface area contributed by atoms with Gasteiger partial charge in [0.15, 0.2) is 5.82 Å². The second-order valence-electron chi connectivity index (χ2n) is 8.81. The van der Waals surface area contributed by atoms with Crippen molar-refractivity contribution in [2.75, 3.05) is 12.4 Å². The number of aliphatic hydroxyl groups excluding tert-OH is 1. The Bertz CT molecular complexity index is 939. The zero-order valence-electron chi connectivity index (χ0n) is 18.8. The van der Waals surface area contributed by atoms with Crippen molar-refractivity contribution >= 4 is 17.8 Å². The van der Waals surface area contributed by atoms with E-state index in [9.17, 15) is 14.7 Å². The van der Waals surface area contributed by atoms with E-state index < -0.39 is 0 Å². The highest BCUT2D eigenvalue weighted by Gasteiger charge is 2.31. The lowest BCUT2D eigenvalue weighted by Crippen LogP contribution is -2.40. The van der Waals surface area contributed by atoms with Gasteiger partial charge in [-0.2, -0.15) is 5.10 Å². The molecule has 2 aliphatic rings. The van der Waals surface area contributed by atoms with Gasteiger partial charge in [-0.05, 0) is 57.1 Å². The normalized spacial score (nSPS) is 24.8. The molecule has 0 aliphatic heterocycles. The number of carbonyl (C=O) groups excluding carboxylic acids is 2. The van der Waals surface area contributed by atoms with Gasteiger partial charge in [-0.1, -0.05) is 0 Å². The van der Waals surface area contributed by atoms with Gasteiger partial charge in [0.05, 0.1) is 25.8 Å². The van der Waals surface area contributed by atoms with E-state index in [-0.39, 0.29) is 42.6 Å². The highest BCUT2D eigenvalue weighted by Crippen LogP contribution is 2.36. The number of amides is 2. The van der Waals surface area contributed by atoms with Crippen molar-refractivity contribution < 1.29 is 24.2 Å². The van der Waals surface area contributed by atoms with Crippen LogP contribution in [0, 0.1) is 0 Å². The second kappa shape index (κ2) is 10.7. The Morgan fingerprint density at radius 2 is 2.00 bits per heavy atom. The maximum Gasteiger partial charge on any atom is 0.407 e. The van der Waals surface area contributed by atoms with Gasteiger partial charge < -0.3 is 25.2 Å². The first-order valence-electron chi connectivity index (χ1n) is 11.5. The lowest BCUT2D eigenvalue weighted by atomic mass is 9.93. The molecule has 0 radical (unpaired) electrons. The number of aromatic nitrogens is 3. The number of pyridine rings is 1. The predicted octanol–water partition coefficient (Wildman–Crippen LogP) is 2.66. The minimum absolute atomic E-state index is 0.0741. The zero-order chi connectivity index (χ0) is 23.2. The predicted molar refractivity (Wildman–Crippen MR) is 120 cm³/mol. The van der Waals surface area contributed by atoms with Gasteiger partial charge in [0.25, 0.3) is 0 Å². The highest BCUT2D eigenvalue weighted by molar-refractivity contribution is 5.91. The minimum Gasteiger partial charge on any atom is -0.495 e. The van der Waals surface area contributed by atoms with Crippen molar-refractivity contribution in [1.82, 2.24) is 20.5 Å². The number of ether oxygens (including phenoxy) is 2. The second-order valence-corrected chi connectivity index (χ2v) is 8.81. The monoisotopic (exact) mass is 457 g/mol. The van der Waals surface area contributed by atoms with Gasteiger partial charge in [0, 0.05) is 29.4 Å². The Balaban J connectivity index is 1.21. The average Bonchev–Trinajstić information content (AvgIpc) is 3.45. The van der Waals surface area contributed by atoms with Gasteiger partial charge >= 0.3 is 6.09 Å². The number of anilines is 1. The number of nitrogens with one attached hydrogen (secondary N) is 3. The summed E-state index contributed by atoms with van der Waals surface area (Å²) in [7, 11) is 1.57. The van der Waals surface area contributed by atoms with Crippen LogP contribution in [0.1, 0.15) is 62.3 Å².